The van der Waals surface area contributed by atoms with E-state index in [1.165, 1.54) is 0 Å². The number of amides is 1. The number of methoxy groups -OCH3 is 1. The summed E-state index contributed by atoms with van der Waals surface area (Å²) in [5.74, 6) is -9.11. The maximum atomic E-state index is 14.7. The Labute approximate surface area is 250 Å². The Kier molecular flexibility index (Phi) is 7.55. The molecule has 2 aliphatic rings. The zero-order valence-electron chi connectivity index (χ0n) is 23.5. The number of anilines is 1. The number of carbonyl (C=O) groups excluding carboxylic acids is 1. The van der Waals surface area contributed by atoms with E-state index in [-0.39, 0.29) is 5.82 Å². The predicted molar refractivity (Wildman–Crippen MR) is 153 cm³/mol. The van der Waals surface area contributed by atoms with Gasteiger partial charge in [-0.1, -0.05) is 41.9 Å². The molecule has 1 N–H and O–H groups in total. The van der Waals surface area contributed by atoms with Crippen molar-refractivity contribution in [2.45, 2.75) is 31.9 Å². The number of imidazole rings is 1. The summed E-state index contributed by atoms with van der Waals surface area (Å²) in [5.41, 5.74) is 5.04. The molecular weight excluding hydrogens is 588 g/mol. The van der Waals surface area contributed by atoms with E-state index in [2.05, 4.69) is 19.9 Å². The summed E-state index contributed by atoms with van der Waals surface area (Å²) in [7, 11) is 4.74. The fraction of sp³-hybridized carbons (Fsp3) is 0.290. The number of nitrogens with zero attached hydrogens (tertiary/aromatic N) is 3. The number of fused-ring (bicyclic) bond motifs is 2. The third-order valence-electron chi connectivity index (χ3n) is 8.05. The lowest BCUT2D eigenvalue weighted by Crippen LogP contribution is -2.27. The van der Waals surface area contributed by atoms with Gasteiger partial charge in [0.05, 0.1) is 23.5 Å². The van der Waals surface area contributed by atoms with Gasteiger partial charge in [0.25, 0.3) is 5.91 Å². The number of ether oxygens (including phenoxy) is 2. The molecule has 4 aromatic rings. The number of halogens is 5. The fourth-order valence-electron chi connectivity index (χ4n) is 5.88. The molecule has 0 saturated heterocycles. The molecule has 0 spiro atoms. The van der Waals surface area contributed by atoms with Gasteiger partial charge >= 0.3 is 0 Å². The molecule has 7 nitrogen and oxygen atoms in total. The highest BCUT2D eigenvalue weighted by Gasteiger charge is 2.33. The second kappa shape index (κ2) is 11.2. The Hall–Kier alpha value is -4.09. The van der Waals surface area contributed by atoms with Crippen LogP contribution in [0.4, 0.5) is 23.2 Å². The highest BCUT2D eigenvalue weighted by atomic mass is 35.5. The van der Waals surface area contributed by atoms with Gasteiger partial charge in [0, 0.05) is 37.8 Å². The maximum Gasteiger partial charge on any atom is 0.291 e. The molecule has 1 amide bonds. The highest BCUT2D eigenvalue weighted by Crippen LogP contribution is 2.45. The van der Waals surface area contributed by atoms with Crippen molar-refractivity contribution in [3.63, 3.8) is 0 Å². The lowest BCUT2D eigenvalue weighted by molar-refractivity contribution is 0.101. The summed E-state index contributed by atoms with van der Waals surface area (Å²) in [6.45, 7) is 1.55. The lowest BCUT2D eigenvalue weighted by Gasteiger charge is -2.21. The van der Waals surface area contributed by atoms with E-state index in [0.29, 0.717) is 41.2 Å². The molecule has 2 heterocycles. The number of aromatic nitrogens is 2. The summed E-state index contributed by atoms with van der Waals surface area (Å²) in [5, 5.41) is 3.18. The normalized spacial score (nSPS) is 16.1. The summed E-state index contributed by atoms with van der Waals surface area (Å²) in [6.07, 6.45) is 0.666. The van der Waals surface area contributed by atoms with Crippen LogP contribution in [0.1, 0.15) is 45.7 Å². The van der Waals surface area contributed by atoms with Crippen molar-refractivity contribution in [3.05, 3.63) is 93.0 Å². The van der Waals surface area contributed by atoms with Crippen LogP contribution in [0, 0.1) is 23.3 Å². The van der Waals surface area contributed by atoms with Crippen molar-refractivity contribution >= 4 is 23.2 Å². The molecule has 1 aliphatic heterocycles. The first kappa shape index (κ1) is 29.0. The molecule has 0 bridgehead atoms. The third-order valence-corrected chi connectivity index (χ3v) is 8.46. The Morgan fingerprint density at radius 2 is 1.65 bits per heavy atom. The third kappa shape index (κ3) is 4.90. The second-order valence-corrected chi connectivity index (χ2v) is 11.0. The number of hydrogen-bond acceptors (Lipinski definition) is 5. The minimum atomic E-state index is -1.67. The molecule has 0 fully saturated rings. The number of carbonyl (C=O) groups is 1. The molecule has 3 aromatic carbocycles. The van der Waals surface area contributed by atoms with Gasteiger partial charge < -0.3 is 24.3 Å². The second-order valence-electron chi connectivity index (χ2n) is 10.6. The van der Waals surface area contributed by atoms with Crippen molar-refractivity contribution in [2.75, 3.05) is 26.0 Å². The van der Waals surface area contributed by atoms with E-state index < -0.39 is 46.8 Å². The first-order valence-corrected chi connectivity index (χ1v) is 14.0. The number of benzene rings is 3. The van der Waals surface area contributed by atoms with Crippen molar-refractivity contribution in [2.24, 2.45) is 7.05 Å². The zero-order chi connectivity index (χ0) is 30.6. The Balaban J connectivity index is 1.29. The van der Waals surface area contributed by atoms with Crippen LogP contribution < -0.4 is 14.8 Å². The lowest BCUT2D eigenvalue weighted by atomic mass is 9.96. The minimum Gasteiger partial charge on any atom is -0.491 e. The van der Waals surface area contributed by atoms with Gasteiger partial charge in [-0.05, 0) is 42.6 Å². The number of hydrogen-bond donors (Lipinski definition) is 1. The van der Waals surface area contributed by atoms with Gasteiger partial charge in [-0.15, -0.1) is 0 Å². The predicted octanol–water partition coefficient (Wildman–Crippen LogP) is 6.61. The molecule has 0 radical (unpaired) electrons. The molecule has 1 aliphatic carbocycles. The van der Waals surface area contributed by atoms with E-state index >= 15 is 0 Å². The molecule has 6 rings (SSSR count). The average molecular weight is 615 g/mol. The number of nitrogens with one attached hydrogen (secondary N) is 1. The summed E-state index contributed by atoms with van der Waals surface area (Å²) in [6, 6.07) is 10.5. The van der Waals surface area contributed by atoms with E-state index in [4.69, 9.17) is 16.3 Å². The van der Waals surface area contributed by atoms with Gasteiger partial charge in [-0.25, -0.2) is 4.98 Å². The van der Waals surface area contributed by atoms with Crippen LogP contribution in [-0.2, 0) is 26.4 Å². The number of rotatable bonds is 6. The molecule has 1 unspecified atom stereocenters. The van der Waals surface area contributed by atoms with Crippen LogP contribution in [0.2, 0.25) is 5.02 Å². The minimum absolute atomic E-state index is 0.285. The van der Waals surface area contributed by atoms with E-state index in [1.54, 1.807) is 30.3 Å². The summed E-state index contributed by atoms with van der Waals surface area (Å²) < 4.78 is 69.7. The average Bonchev–Trinajstić information content (AvgIpc) is 3.56. The van der Waals surface area contributed by atoms with E-state index in [9.17, 15) is 22.4 Å². The van der Waals surface area contributed by atoms with Gasteiger partial charge in [0.1, 0.15) is 6.10 Å². The smallest absolute Gasteiger partial charge is 0.291 e. The van der Waals surface area contributed by atoms with Crippen molar-refractivity contribution < 1.29 is 31.8 Å². The van der Waals surface area contributed by atoms with Gasteiger partial charge in [-0.3, -0.25) is 4.79 Å². The highest BCUT2D eigenvalue weighted by molar-refractivity contribution is 6.36. The zero-order valence-corrected chi connectivity index (χ0v) is 24.3. The quantitative estimate of drug-likeness (QED) is 0.196. The maximum absolute atomic E-state index is 14.7. The monoisotopic (exact) mass is 614 g/mol. The van der Waals surface area contributed by atoms with Crippen molar-refractivity contribution in [1.29, 1.82) is 0 Å². The largest absolute Gasteiger partial charge is 0.491 e. The molecule has 12 heteroatoms. The number of likely N-dealkylation sites (N-methyl/N-ethyl adjacent to an activating group) is 1. The standard InChI is InChI=1S/C31H27ClF4N4O3/c1-39-13-12-21-20(14-39)37-30(40(21)2)31(41)38-19-9-5-8-18(23(19)32)15-6-4-7-17-16(15)10-11-22(17)43-29-26(35)24(33)28(42-3)25(34)27(29)36/h4-9,22H,10-14H2,1-3H3,(H,38,41). The first-order valence-electron chi connectivity index (χ1n) is 13.6. The molecule has 1 aromatic heterocycles. The Morgan fingerprint density at radius 1 is 0.977 bits per heavy atom. The summed E-state index contributed by atoms with van der Waals surface area (Å²) in [4.78, 5) is 20.0. The van der Waals surface area contributed by atoms with E-state index in [0.717, 1.165) is 42.6 Å². The first-order chi connectivity index (χ1) is 20.6. The van der Waals surface area contributed by atoms with Gasteiger partial charge in [-0.2, -0.15) is 17.6 Å². The van der Waals surface area contributed by atoms with Crippen molar-refractivity contribution in [1.82, 2.24) is 14.5 Å². The molecule has 224 valence electrons. The van der Waals surface area contributed by atoms with Crippen LogP contribution in [0.25, 0.3) is 11.1 Å². The Morgan fingerprint density at radius 3 is 2.37 bits per heavy atom. The van der Waals surface area contributed by atoms with Crippen LogP contribution >= 0.6 is 11.6 Å². The fourth-order valence-corrected chi connectivity index (χ4v) is 6.16. The van der Waals surface area contributed by atoms with Crippen LogP contribution in [0.3, 0.4) is 0 Å². The van der Waals surface area contributed by atoms with E-state index in [1.807, 2.05) is 24.7 Å². The molecule has 1 atom stereocenters. The van der Waals surface area contributed by atoms with Crippen molar-refractivity contribution in [3.8, 4) is 22.6 Å². The SMILES string of the molecule is COc1c(F)c(F)c(OC2CCc3c(-c4cccc(NC(=O)c5nc6c(n5C)CCN(C)C6)c4Cl)cccc32)c(F)c1F. The van der Waals surface area contributed by atoms with Crippen LogP contribution in [0.15, 0.2) is 36.4 Å². The summed E-state index contributed by atoms with van der Waals surface area (Å²) >= 11 is 6.83. The van der Waals surface area contributed by atoms with Gasteiger partial charge in [0.15, 0.2) is 17.3 Å². The van der Waals surface area contributed by atoms with Crippen LogP contribution in [0.5, 0.6) is 11.5 Å². The van der Waals surface area contributed by atoms with Gasteiger partial charge in [0.2, 0.25) is 23.3 Å². The molecule has 0 saturated carbocycles. The molecule has 43 heavy (non-hydrogen) atoms. The molecular formula is C31H27ClF4N4O3. The topological polar surface area (TPSA) is 68.6 Å². The Bertz CT molecular complexity index is 1750. The van der Waals surface area contributed by atoms with Crippen LogP contribution in [-0.4, -0.2) is 41.1 Å².